The third kappa shape index (κ3) is 3.42. The van der Waals surface area contributed by atoms with Gasteiger partial charge in [-0.25, -0.2) is 4.79 Å². The molecule has 0 spiro atoms. The molecule has 110 valence electrons. The summed E-state index contributed by atoms with van der Waals surface area (Å²) in [6.07, 6.45) is -0.313. The standard InChI is InChI=1S/C15H22N2O3/c1-15(2,3)20-14(18)17-7-8-19-13-11(9-16)5-4-6-12(13)10-17/h4-6H,7-10,16H2,1-3H3. The van der Waals surface area contributed by atoms with Crippen molar-refractivity contribution < 1.29 is 14.3 Å². The number of carbonyl (C=O) groups excluding carboxylic acids is 1. The minimum atomic E-state index is -0.494. The van der Waals surface area contributed by atoms with Crippen LogP contribution in [0.15, 0.2) is 18.2 Å². The van der Waals surface area contributed by atoms with Crippen molar-refractivity contribution in [1.82, 2.24) is 4.90 Å². The fraction of sp³-hybridized carbons (Fsp3) is 0.533. The van der Waals surface area contributed by atoms with Crippen LogP contribution in [0.5, 0.6) is 5.75 Å². The van der Waals surface area contributed by atoms with Crippen molar-refractivity contribution in [2.24, 2.45) is 5.73 Å². The van der Waals surface area contributed by atoms with Crippen LogP contribution < -0.4 is 10.5 Å². The molecule has 0 radical (unpaired) electrons. The normalized spacial score (nSPS) is 15.1. The van der Waals surface area contributed by atoms with E-state index in [1.165, 1.54) is 0 Å². The number of rotatable bonds is 1. The molecular weight excluding hydrogens is 256 g/mol. The second-order valence-corrected chi connectivity index (χ2v) is 5.86. The summed E-state index contributed by atoms with van der Waals surface area (Å²) in [6, 6.07) is 5.84. The molecular formula is C15H22N2O3. The van der Waals surface area contributed by atoms with Crippen LogP contribution in [0.2, 0.25) is 0 Å². The number of nitrogens with zero attached hydrogens (tertiary/aromatic N) is 1. The Morgan fingerprint density at radius 1 is 1.45 bits per heavy atom. The monoisotopic (exact) mass is 278 g/mol. The summed E-state index contributed by atoms with van der Waals surface area (Å²) < 4.78 is 11.2. The minimum absolute atomic E-state index is 0.313. The highest BCUT2D eigenvalue weighted by Crippen LogP contribution is 2.27. The number of hydrogen-bond donors (Lipinski definition) is 1. The van der Waals surface area contributed by atoms with E-state index in [-0.39, 0.29) is 6.09 Å². The fourth-order valence-electron chi connectivity index (χ4n) is 2.13. The Kier molecular flexibility index (Phi) is 4.18. The average molecular weight is 278 g/mol. The highest BCUT2D eigenvalue weighted by atomic mass is 16.6. The second kappa shape index (κ2) is 5.71. The van der Waals surface area contributed by atoms with Crippen molar-refractivity contribution in [3.05, 3.63) is 29.3 Å². The molecule has 1 aromatic carbocycles. The fourth-order valence-corrected chi connectivity index (χ4v) is 2.13. The van der Waals surface area contributed by atoms with Gasteiger partial charge in [-0.2, -0.15) is 0 Å². The zero-order valence-electron chi connectivity index (χ0n) is 12.3. The maximum atomic E-state index is 12.2. The van der Waals surface area contributed by atoms with E-state index in [0.717, 1.165) is 16.9 Å². The Morgan fingerprint density at radius 2 is 2.20 bits per heavy atom. The predicted octanol–water partition coefficient (Wildman–Crippen LogP) is 2.27. The molecule has 0 saturated carbocycles. The maximum absolute atomic E-state index is 12.2. The van der Waals surface area contributed by atoms with Crippen molar-refractivity contribution in [3.8, 4) is 5.75 Å². The van der Waals surface area contributed by atoms with E-state index in [9.17, 15) is 4.79 Å². The summed E-state index contributed by atoms with van der Waals surface area (Å²) in [7, 11) is 0. The zero-order valence-corrected chi connectivity index (χ0v) is 12.3. The highest BCUT2D eigenvalue weighted by molar-refractivity contribution is 5.68. The topological polar surface area (TPSA) is 64.8 Å². The van der Waals surface area contributed by atoms with Gasteiger partial charge in [0.15, 0.2) is 0 Å². The number of fused-ring (bicyclic) bond motifs is 1. The van der Waals surface area contributed by atoms with E-state index < -0.39 is 5.60 Å². The van der Waals surface area contributed by atoms with Crippen LogP contribution in [-0.4, -0.2) is 29.7 Å². The van der Waals surface area contributed by atoms with Gasteiger partial charge < -0.3 is 20.1 Å². The molecule has 1 amide bonds. The maximum Gasteiger partial charge on any atom is 0.410 e. The van der Waals surface area contributed by atoms with E-state index in [0.29, 0.717) is 26.2 Å². The molecule has 1 heterocycles. The Bertz CT molecular complexity index is 494. The molecule has 5 heteroatoms. The lowest BCUT2D eigenvalue weighted by molar-refractivity contribution is 0.0225. The van der Waals surface area contributed by atoms with Gasteiger partial charge in [0.1, 0.15) is 18.0 Å². The van der Waals surface area contributed by atoms with Crippen LogP contribution >= 0.6 is 0 Å². The predicted molar refractivity (Wildman–Crippen MR) is 76.5 cm³/mol. The molecule has 1 aliphatic rings. The summed E-state index contributed by atoms with van der Waals surface area (Å²) >= 11 is 0. The van der Waals surface area contributed by atoms with E-state index in [4.69, 9.17) is 15.2 Å². The second-order valence-electron chi connectivity index (χ2n) is 5.86. The van der Waals surface area contributed by atoms with Crippen molar-refractivity contribution >= 4 is 6.09 Å². The lowest BCUT2D eigenvalue weighted by Gasteiger charge is -2.26. The summed E-state index contributed by atoms with van der Waals surface area (Å²) in [5.41, 5.74) is 7.16. The molecule has 20 heavy (non-hydrogen) atoms. The Morgan fingerprint density at radius 3 is 2.85 bits per heavy atom. The van der Waals surface area contributed by atoms with E-state index in [2.05, 4.69) is 0 Å². The molecule has 0 fully saturated rings. The minimum Gasteiger partial charge on any atom is -0.491 e. The van der Waals surface area contributed by atoms with E-state index in [1.54, 1.807) is 4.90 Å². The molecule has 1 aliphatic heterocycles. The van der Waals surface area contributed by atoms with Gasteiger partial charge in [-0.1, -0.05) is 18.2 Å². The summed E-state index contributed by atoms with van der Waals surface area (Å²) in [5, 5.41) is 0. The summed E-state index contributed by atoms with van der Waals surface area (Å²) in [5.74, 6) is 0.807. The van der Waals surface area contributed by atoms with Crippen LogP contribution in [0.3, 0.4) is 0 Å². The smallest absolute Gasteiger partial charge is 0.410 e. The van der Waals surface area contributed by atoms with E-state index in [1.807, 2.05) is 39.0 Å². The van der Waals surface area contributed by atoms with Crippen LogP contribution in [-0.2, 0) is 17.8 Å². The molecule has 0 atom stereocenters. The average Bonchev–Trinajstić information content (AvgIpc) is 2.58. The number of benzene rings is 1. The van der Waals surface area contributed by atoms with Gasteiger partial charge >= 0.3 is 6.09 Å². The van der Waals surface area contributed by atoms with Gasteiger partial charge in [-0.05, 0) is 20.8 Å². The lowest BCUT2D eigenvalue weighted by Crippen LogP contribution is -2.37. The molecule has 0 aliphatic carbocycles. The first-order valence-corrected chi connectivity index (χ1v) is 6.82. The molecule has 0 bridgehead atoms. The van der Waals surface area contributed by atoms with Crippen molar-refractivity contribution in [3.63, 3.8) is 0 Å². The molecule has 5 nitrogen and oxygen atoms in total. The highest BCUT2D eigenvalue weighted by Gasteiger charge is 2.25. The van der Waals surface area contributed by atoms with Gasteiger partial charge in [-0.15, -0.1) is 0 Å². The largest absolute Gasteiger partial charge is 0.491 e. The zero-order chi connectivity index (χ0) is 14.8. The number of para-hydroxylation sites is 1. The van der Waals surface area contributed by atoms with Crippen LogP contribution in [0.1, 0.15) is 31.9 Å². The van der Waals surface area contributed by atoms with Crippen LogP contribution in [0, 0.1) is 0 Å². The first kappa shape index (κ1) is 14.7. The molecule has 2 N–H and O–H groups in total. The van der Waals surface area contributed by atoms with Crippen molar-refractivity contribution in [2.75, 3.05) is 13.2 Å². The van der Waals surface area contributed by atoms with Crippen LogP contribution in [0.4, 0.5) is 4.79 Å². The summed E-state index contributed by atoms with van der Waals surface area (Å²) in [4.78, 5) is 13.8. The van der Waals surface area contributed by atoms with Gasteiger partial charge in [0, 0.05) is 17.7 Å². The molecule has 1 aromatic rings. The van der Waals surface area contributed by atoms with Gasteiger partial charge in [-0.3, -0.25) is 0 Å². The molecule has 0 unspecified atom stereocenters. The number of ether oxygens (including phenoxy) is 2. The lowest BCUT2D eigenvalue weighted by atomic mass is 10.1. The van der Waals surface area contributed by atoms with Gasteiger partial charge in [0.05, 0.1) is 13.1 Å². The molecule has 0 saturated heterocycles. The number of hydrogen-bond acceptors (Lipinski definition) is 4. The SMILES string of the molecule is CC(C)(C)OC(=O)N1CCOc2c(CN)cccc2C1. The quantitative estimate of drug-likeness (QED) is 0.856. The Balaban J connectivity index is 2.18. The van der Waals surface area contributed by atoms with Crippen molar-refractivity contribution in [2.45, 2.75) is 39.5 Å². The van der Waals surface area contributed by atoms with E-state index >= 15 is 0 Å². The number of carbonyl (C=O) groups is 1. The molecule has 0 aromatic heterocycles. The Hall–Kier alpha value is -1.75. The van der Waals surface area contributed by atoms with Crippen LogP contribution in [0.25, 0.3) is 0 Å². The number of nitrogens with two attached hydrogens (primary N) is 1. The van der Waals surface area contributed by atoms with Gasteiger partial charge in [0.2, 0.25) is 0 Å². The third-order valence-electron chi connectivity index (χ3n) is 3.02. The van der Waals surface area contributed by atoms with Crippen molar-refractivity contribution in [1.29, 1.82) is 0 Å². The molecule has 2 rings (SSSR count). The number of amides is 1. The third-order valence-corrected chi connectivity index (χ3v) is 3.02. The Labute approximate surface area is 119 Å². The van der Waals surface area contributed by atoms with Gasteiger partial charge in [0.25, 0.3) is 0 Å². The first-order valence-electron chi connectivity index (χ1n) is 6.82. The summed E-state index contributed by atoms with van der Waals surface area (Å²) in [6.45, 7) is 7.45. The first-order chi connectivity index (χ1) is 9.40.